The number of ether oxygens (including phenoxy) is 5. The molecule has 1 saturated heterocycles. The SMILES string of the molecule is COc1cc(C2Nc3c(OCC4CCCO4)cccc3C3C=CCC32)cc(OC)c1OC. The van der Waals surface area contributed by atoms with Crippen molar-refractivity contribution in [2.45, 2.75) is 37.3 Å². The van der Waals surface area contributed by atoms with Crippen molar-refractivity contribution in [3.05, 3.63) is 53.6 Å². The van der Waals surface area contributed by atoms with Crippen LogP contribution in [-0.2, 0) is 4.74 Å². The molecule has 6 nitrogen and oxygen atoms in total. The highest BCUT2D eigenvalue weighted by molar-refractivity contribution is 5.68. The van der Waals surface area contributed by atoms with E-state index in [1.807, 2.05) is 6.07 Å². The third-order valence-electron chi connectivity index (χ3n) is 6.85. The molecule has 0 bridgehead atoms. The highest BCUT2D eigenvalue weighted by atomic mass is 16.5. The Hall–Kier alpha value is -2.86. The van der Waals surface area contributed by atoms with Gasteiger partial charge in [-0.3, -0.25) is 0 Å². The molecular weight excluding hydrogens is 406 g/mol. The number of para-hydroxylation sites is 1. The lowest BCUT2D eigenvalue weighted by Crippen LogP contribution is -2.29. The molecule has 1 N–H and O–H groups in total. The van der Waals surface area contributed by atoms with E-state index in [9.17, 15) is 0 Å². The molecule has 2 aromatic carbocycles. The highest BCUT2D eigenvalue weighted by Crippen LogP contribution is 2.53. The van der Waals surface area contributed by atoms with Crippen molar-refractivity contribution >= 4 is 5.69 Å². The monoisotopic (exact) mass is 437 g/mol. The van der Waals surface area contributed by atoms with Crippen molar-refractivity contribution in [2.75, 3.05) is 39.9 Å². The van der Waals surface area contributed by atoms with Gasteiger partial charge < -0.3 is 29.0 Å². The van der Waals surface area contributed by atoms with E-state index in [2.05, 4.69) is 41.7 Å². The first-order valence-electron chi connectivity index (χ1n) is 11.3. The second kappa shape index (κ2) is 8.94. The van der Waals surface area contributed by atoms with E-state index in [1.165, 1.54) is 5.56 Å². The molecule has 4 atom stereocenters. The average molecular weight is 438 g/mol. The van der Waals surface area contributed by atoms with Crippen LogP contribution in [0, 0.1) is 5.92 Å². The van der Waals surface area contributed by atoms with Crippen LogP contribution in [0.4, 0.5) is 5.69 Å². The van der Waals surface area contributed by atoms with Crippen molar-refractivity contribution in [1.82, 2.24) is 0 Å². The topological polar surface area (TPSA) is 58.2 Å². The maximum absolute atomic E-state index is 6.27. The first-order valence-corrected chi connectivity index (χ1v) is 11.3. The molecule has 2 heterocycles. The summed E-state index contributed by atoms with van der Waals surface area (Å²) in [5, 5.41) is 3.81. The van der Waals surface area contributed by atoms with Gasteiger partial charge in [0, 0.05) is 12.5 Å². The third kappa shape index (κ3) is 3.66. The van der Waals surface area contributed by atoms with E-state index < -0.39 is 0 Å². The summed E-state index contributed by atoms with van der Waals surface area (Å²) in [5.74, 6) is 3.56. The van der Waals surface area contributed by atoms with Gasteiger partial charge in [-0.25, -0.2) is 0 Å². The number of anilines is 1. The Kier molecular flexibility index (Phi) is 5.87. The minimum absolute atomic E-state index is 0.0867. The highest BCUT2D eigenvalue weighted by Gasteiger charge is 2.39. The van der Waals surface area contributed by atoms with Crippen molar-refractivity contribution in [1.29, 1.82) is 0 Å². The molecule has 6 heteroatoms. The van der Waals surface area contributed by atoms with E-state index in [0.29, 0.717) is 35.7 Å². The van der Waals surface area contributed by atoms with Crippen LogP contribution in [-0.4, -0.2) is 40.6 Å². The van der Waals surface area contributed by atoms with Gasteiger partial charge in [0.05, 0.1) is 39.2 Å². The summed E-state index contributed by atoms with van der Waals surface area (Å²) in [6.45, 7) is 1.41. The van der Waals surface area contributed by atoms with Crippen molar-refractivity contribution < 1.29 is 23.7 Å². The van der Waals surface area contributed by atoms with E-state index in [4.69, 9.17) is 23.7 Å². The lowest BCUT2D eigenvalue weighted by Gasteiger charge is -2.38. The van der Waals surface area contributed by atoms with Gasteiger partial charge in [0.25, 0.3) is 0 Å². The smallest absolute Gasteiger partial charge is 0.203 e. The van der Waals surface area contributed by atoms with Gasteiger partial charge in [0.1, 0.15) is 12.4 Å². The second-order valence-corrected chi connectivity index (χ2v) is 8.60. The summed E-state index contributed by atoms with van der Waals surface area (Å²) in [6.07, 6.45) is 7.98. The Morgan fingerprint density at radius 2 is 1.84 bits per heavy atom. The molecule has 5 rings (SSSR count). The number of benzene rings is 2. The fraction of sp³-hybridized carbons (Fsp3) is 0.462. The van der Waals surface area contributed by atoms with E-state index in [-0.39, 0.29) is 12.1 Å². The Labute approximate surface area is 189 Å². The minimum atomic E-state index is 0.0867. The lowest BCUT2D eigenvalue weighted by atomic mass is 9.77. The van der Waals surface area contributed by atoms with Crippen LogP contribution in [0.25, 0.3) is 0 Å². The standard InChI is InChI=1S/C26H31NO5/c1-28-22-13-16(14-23(29-2)26(22)30-3)24-19-9-4-8-18(19)20-10-5-11-21(25(20)27-24)32-15-17-7-6-12-31-17/h4-5,8,10-11,13-14,17-19,24,27H,6-7,9,12,15H2,1-3H3. The number of allylic oxidation sites excluding steroid dienone is 2. The van der Waals surface area contributed by atoms with Crippen molar-refractivity contribution in [2.24, 2.45) is 5.92 Å². The first-order chi connectivity index (χ1) is 15.7. The fourth-order valence-corrected chi connectivity index (χ4v) is 5.28. The van der Waals surface area contributed by atoms with E-state index >= 15 is 0 Å². The van der Waals surface area contributed by atoms with E-state index in [1.54, 1.807) is 21.3 Å². The number of nitrogens with one attached hydrogen (secondary N) is 1. The van der Waals surface area contributed by atoms with Crippen LogP contribution in [0.3, 0.4) is 0 Å². The fourth-order valence-electron chi connectivity index (χ4n) is 5.28. The van der Waals surface area contributed by atoms with Crippen LogP contribution in [0.1, 0.15) is 42.3 Å². The lowest BCUT2D eigenvalue weighted by molar-refractivity contribution is 0.0681. The molecule has 0 aromatic heterocycles. The number of hydrogen-bond donors (Lipinski definition) is 1. The zero-order valence-corrected chi connectivity index (χ0v) is 18.9. The van der Waals surface area contributed by atoms with Gasteiger partial charge in [-0.05, 0) is 54.5 Å². The Balaban J connectivity index is 1.51. The summed E-state index contributed by atoms with van der Waals surface area (Å²) in [5.41, 5.74) is 3.46. The Bertz CT molecular complexity index is 973. The normalized spacial score (nSPS) is 25.6. The van der Waals surface area contributed by atoms with Gasteiger partial charge in [-0.2, -0.15) is 0 Å². The third-order valence-corrected chi connectivity index (χ3v) is 6.85. The minimum Gasteiger partial charge on any atom is -0.493 e. The molecule has 0 amide bonds. The molecule has 0 saturated carbocycles. The van der Waals surface area contributed by atoms with Gasteiger partial charge >= 0.3 is 0 Å². The number of rotatable bonds is 7. The van der Waals surface area contributed by atoms with Crippen LogP contribution < -0.4 is 24.3 Å². The largest absolute Gasteiger partial charge is 0.493 e. The van der Waals surface area contributed by atoms with Crippen LogP contribution in [0.2, 0.25) is 0 Å². The molecule has 0 spiro atoms. The molecule has 4 unspecified atom stereocenters. The molecule has 3 aliphatic rings. The summed E-state index contributed by atoms with van der Waals surface area (Å²) in [6, 6.07) is 10.5. The van der Waals surface area contributed by atoms with Gasteiger partial charge in [-0.1, -0.05) is 24.3 Å². The average Bonchev–Trinajstić information content (AvgIpc) is 3.53. The number of hydrogen-bond acceptors (Lipinski definition) is 6. The van der Waals surface area contributed by atoms with Crippen molar-refractivity contribution in [3.8, 4) is 23.0 Å². The quantitative estimate of drug-likeness (QED) is 0.609. The van der Waals surface area contributed by atoms with Gasteiger partial charge in [-0.15, -0.1) is 0 Å². The van der Waals surface area contributed by atoms with Gasteiger partial charge in [0.15, 0.2) is 11.5 Å². The Morgan fingerprint density at radius 3 is 2.53 bits per heavy atom. The molecule has 1 fully saturated rings. The maximum atomic E-state index is 6.27. The van der Waals surface area contributed by atoms with Crippen molar-refractivity contribution in [3.63, 3.8) is 0 Å². The first kappa shape index (κ1) is 21.0. The summed E-state index contributed by atoms with van der Waals surface area (Å²) in [7, 11) is 4.94. The zero-order chi connectivity index (χ0) is 22.1. The molecule has 32 heavy (non-hydrogen) atoms. The summed E-state index contributed by atoms with van der Waals surface area (Å²) in [4.78, 5) is 0. The predicted molar refractivity (Wildman–Crippen MR) is 123 cm³/mol. The molecule has 170 valence electrons. The summed E-state index contributed by atoms with van der Waals surface area (Å²) >= 11 is 0. The molecule has 1 aliphatic carbocycles. The molecule has 0 radical (unpaired) electrons. The van der Waals surface area contributed by atoms with Gasteiger partial charge in [0.2, 0.25) is 5.75 Å². The predicted octanol–water partition coefficient (Wildman–Crippen LogP) is 5.10. The molecule has 2 aliphatic heterocycles. The van der Waals surface area contributed by atoms with Crippen LogP contribution >= 0.6 is 0 Å². The second-order valence-electron chi connectivity index (χ2n) is 8.60. The number of methoxy groups -OCH3 is 3. The Morgan fingerprint density at radius 1 is 1.03 bits per heavy atom. The zero-order valence-electron chi connectivity index (χ0n) is 18.9. The molecule has 2 aromatic rings. The maximum Gasteiger partial charge on any atom is 0.203 e. The summed E-state index contributed by atoms with van der Waals surface area (Å²) < 4.78 is 28.8. The van der Waals surface area contributed by atoms with Crippen LogP contribution in [0.5, 0.6) is 23.0 Å². The van der Waals surface area contributed by atoms with E-state index in [0.717, 1.165) is 42.9 Å². The number of fused-ring (bicyclic) bond motifs is 3. The van der Waals surface area contributed by atoms with Crippen LogP contribution in [0.15, 0.2) is 42.5 Å². The molecular formula is C26H31NO5.